The third-order valence-electron chi connectivity index (χ3n) is 4.12. The summed E-state index contributed by atoms with van der Waals surface area (Å²) in [6.07, 6.45) is 0. The van der Waals surface area contributed by atoms with E-state index in [1.165, 1.54) is 16.9 Å². The van der Waals surface area contributed by atoms with Gasteiger partial charge in [-0.25, -0.2) is 4.98 Å². The maximum Gasteiger partial charge on any atom is 0.264 e. The standard InChI is InChI=1S/C21H22N2O2S/c1-13-5-7-15(3)17(9-13)18-12-26-21(22-18)23-20(24)11-25-19-10-14(2)6-8-16(19)4/h5-10,12H,11H2,1-4H3,(H,22,23,24). The predicted octanol–water partition coefficient (Wildman–Crippen LogP) is 5.06. The third kappa shape index (κ3) is 4.29. The number of rotatable bonds is 5. The molecule has 1 amide bonds. The number of hydrogen-bond acceptors (Lipinski definition) is 4. The van der Waals surface area contributed by atoms with E-state index in [1.807, 2.05) is 37.4 Å². The molecule has 26 heavy (non-hydrogen) atoms. The zero-order chi connectivity index (χ0) is 18.7. The van der Waals surface area contributed by atoms with E-state index >= 15 is 0 Å². The topological polar surface area (TPSA) is 51.2 Å². The van der Waals surface area contributed by atoms with Crippen LogP contribution in [0, 0.1) is 27.7 Å². The second-order valence-corrected chi connectivity index (χ2v) is 7.32. The molecule has 1 aromatic heterocycles. The Kier molecular flexibility index (Phi) is 5.38. The van der Waals surface area contributed by atoms with Gasteiger partial charge < -0.3 is 4.74 Å². The van der Waals surface area contributed by atoms with Crippen LogP contribution in [0.3, 0.4) is 0 Å². The number of hydrogen-bond donors (Lipinski definition) is 1. The molecule has 3 rings (SSSR count). The smallest absolute Gasteiger partial charge is 0.264 e. The fraction of sp³-hybridized carbons (Fsp3) is 0.238. The van der Waals surface area contributed by atoms with Gasteiger partial charge >= 0.3 is 0 Å². The summed E-state index contributed by atoms with van der Waals surface area (Å²) >= 11 is 1.42. The summed E-state index contributed by atoms with van der Waals surface area (Å²) in [6, 6.07) is 12.2. The molecule has 0 radical (unpaired) electrons. The average Bonchev–Trinajstić information content (AvgIpc) is 3.06. The Balaban J connectivity index is 1.64. The fourth-order valence-electron chi connectivity index (χ4n) is 2.63. The first-order valence-electron chi connectivity index (χ1n) is 8.45. The average molecular weight is 366 g/mol. The zero-order valence-corrected chi connectivity index (χ0v) is 16.2. The van der Waals surface area contributed by atoms with Gasteiger partial charge in [-0.2, -0.15) is 0 Å². The molecule has 0 aliphatic heterocycles. The molecule has 1 heterocycles. The molecule has 0 unspecified atom stereocenters. The van der Waals surface area contributed by atoms with Crippen LogP contribution in [0.5, 0.6) is 5.75 Å². The van der Waals surface area contributed by atoms with Gasteiger partial charge in [0.05, 0.1) is 5.69 Å². The molecule has 5 heteroatoms. The molecule has 1 N–H and O–H groups in total. The summed E-state index contributed by atoms with van der Waals surface area (Å²) in [6.45, 7) is 8.04. The Morgan fingerprint density at radius 3 is 2.50 bits per heavy atom. The zero-order valence-electron chi connectivity index (χ0n) is 15.4. The molecule has 0 bridgehead atoms. The highest BCUT2D eigenvalue weighted by Crippen LogP contribution is 2.28. The van der Waals surface area contributed by atoms with Crippen molar-refractivity contribution >= 4 is 22.4 Å². The second kappa shape index (κ2) is 7.70. The Morgan fingerprint density at radius 1 is 1.04 bits per heavy atom. The second-order valence-electron chi connectivity index (χ2n) is 6.46. The lowest BCUT2D eigenvalue weighted by molar-refractivity contribution is -0.118. The number of amides is 1. The highest BCUT2D eigenvalue weighted by atomic mass is 32.1. The van der Waals surface area contributed by atoms with Crippen molar-refractivity contribution in [2.24, 2.45) is 0 Å². The summed E-state index contributed by atoms with van der Waals surface area (Å²) < 4.78 is 5.64. The lowest BCUT2D eigenvalue weighted by Gasteiger charge is -2.09. The summed E-state index contributed by atoms with van der Waals surface area (Å²) in [5.74, 6) is 0.517. The van der Waals surface area contributed by atoms with E-state index in [2.05, 4.69) is 42.3 Å². The highest BCUT2D eigenvalue weighted by Gasteiger charge is 2.11. The van der Waals surface area contributed by atoms with Crippen molar-refractivity contribution in [1.29, 1.82) is 0 Å². The number of benzene rings is 2. The number of nitrogens with one attached hydrogen (secondary N) is 1. The monoisotopic (exact) mass is 366 g/mol. The van der Waals surface area contributed by atoms with Gasteiger partial charge in [0.1, 0.15) is 5.75 Å². The van der Waals surface area contributed by atoms with E-state index in [1.54, 1.807) is 0 Å². The largest absolute Gasteiger partial charge is 0.483 e. The maximum atomic E-state index is 12.2. The quantitative estimate of drug-likeness (QED) is 0.686. The SMILES string of the molecule is Cc1ccc(C)c(OCC(=O)Nc2nc(-c3cc(C)ccc3C)cs2)c1. The van der Waals surface area contributed by atoms with Crippen molar-refractivity contribution in [2.45, 2.75) is 27.7 Å². The van der Waals surface area contributed by atoms with Crippen LogP contribution >= 0.6 is 11.3 Å². The van der Waals surface area contributed by atoms with E-state index in [4.69, 9.17) is 4.74 Å². The van der Waals surface area contributed by atoms with Crippen LogP contribution in [-0.2, 0) is 4.79 Å². The number of aromatic nitrogens is 1. The lowest BCUT2D eigenvalue weighted by atomic mass is 10.0. The number of ether oxygens (including phenoxy) is 1. The Hall–Kier alpha value is -2.66. The lowest BCUT2D eigenvalue weighted by Crippen LogP contribution is -2.20. The van der Waals surface area contributed by atoms with E-state index in [-0.39, 0.29) is 12.5 Å². The summed E-state index contributed by atoms with van der Waals surface area (Å²) in [4.78, 5) is 16.7. The van der Waals surface area contributed by atoms with Crippen LogP contribution in [0.25, 0.3) is 11.3 Å². The minimum absolute atomic E-state index is 0.0390. The molecule has 0 saturated carbocycles. The summed E-state index contributed by atoms with van der Waals surface area (Å²) in [5, 5.41) is 5.35. The molecule has 3 aromatic rings. The van der Waals surface area contributed by atoms with E-state index in [0.29, 0.717) is 5.13 Å². The van der Waals surface area contributed by atoms with Crippen molar-refractivity contribution in [1.82, 2.24) is 4.98 Å². The number of carbonyl (C=O) groups is 1. The van der Waals surface area contributed by atoms with Gasteiger partial charge in [-0.3, -0.25) is 10.1 Å². The van der Waals surface area contributed by atoms with Gasteiger partial charge in [-0.15, -0.1) is 11.3 Å². The first-order valence-corrected chi connectivity index (χ1v) is 9.33. The van der Waals surface area contributed by atoms with Crippen LogP contribution in [0.2, 0.25) is 0 Å². The first kappa shape index (κ1) is 18.1. The fourth-order valence-corrected chi connectivity index (χ4v) is 3.35. The molecule has 0 aliphatic carbocycles. The third-order valence-corrected chi connectivity index (χ3v) is 4.88. The molecule has 0 aliphatic rings. The van der Waals surface area contributed by atoms with Crippen molar-refractivity contribution < 1.29 is 9.53 Å². The van der Waals surface area contributed by atoms with Crippen LogP contribution in [0.15, 0.2) is 41.8 Å². The first-order chi connectivity index (χ1) is 12.4. The maximum absolute atomic E-state index is 12.2. The molecule has 134 valence electrons. The number of nitrogens with zero attached hydrogens (tertiary/aromatic N) is 1. The van der Waals surface area contributed by atoms with Gasteiger partial charge in [0, 0.05) is 10.9 Å². The van der Waals surface area contributed by atoms with Gasteiger partial charge in [0.15, 0.2) is 11.7 Å². The van der Waals surface area contributed by atoms with E-state index in [9.17, 15) is 4.79 Å². The van der Waals surface area contributed by atoms with Gasteiger partial charge in [-0.05, 0) is 56.5 Å². The van der Waals surface area contributed by atoms with Crippen molar-refractivity contribution in [3.05, 3.63) is 64.0 Å². The highest BCUT2D eigenvalue weighted by molar-refractivity contribution is 7.14. The molecule has 0 atom stereocenters. The van der Waals surface area contributed by atoms with Crippen molar-refractivity contribution in [2.75, 3.05) is 11.9 Å². The van der Waals surface area contributed by atoms with Crippen LogP contribution < -0.4 is 10.1 Å². The van der Waals surface area contributed by atoms with Gasteiger partial charge in [-0.1, -0.05) is 29.8 Å². The molecule has 4 nitrogen and oxygen atoms in total. The number of carbonyl (C=O) groups excluding carboxylic acids is 1. The minimum atomic E-state index is -0.215. The Bertz CT molecular complexity index is 947. The number of anilines is 1. The molecule has 0 fully saturated rings. The molecular formula is C21H22N2O2S. The number of aryl methyl sites for hydroxylation is 4. The summed E-state index contributed by atoms with van der Waals surface area (Å²) in [7, 11) is 0. The summed E-state index contributed by atoms with van der Waals surface area (Å²) in [5.41, 5.74) is 6.43. The number of thiazole rings is 1. The molecule has 0 spiro atoms. The van der Waals surface area contributed by atoms with E-state index < -0.39 is 0 Å². The van der Waals surface area contributed by atoms with Gasteiger partial charge in [0.25, 0.3) is 5.91 Å². The Labute approximate surface area is 157 Å². The van der Waals surface area contributed by atoms with Gasteiger partial charge in [0.2, 0.25) is 0 Å². The Morgan fingerprint density at radius 2 is 1.73 bits per heavy atom. The van der Waals surface area contributed by atoms with Crippen molar-refractivity contribution in [3.63, 3.8) is 0 Å². The van der Waals surface area contributed by atoms with Crippen molar-refractivity contribution in [3.8, 4) is 17.0 Å². The van der Waals surface area contributed by atoms with Crippen LogP contribution in [0.4, 0.5) is 5.13 Å². The normalized spacial score (nSPS) is 10.6. The van der Waals surface area contributed by atoms with E-state index in [0.717, 1.165) is 33.7 Å². The molecule has 2 aromatic carbocycles. The predicted molar refractivity (Wildman–Crippen MR) is 107 cm³/mol. The van der Waals surface area contributed by atoms with Crippen LogP contribution in [0.1, 0.15) is 22.3 Å². The molecular weight excluding hydrogens is 344 g/mol. The van der Waals surface area contributed by atoms with Crippen LogP contribution in [-0.4, -0.2) is 17.5 Å². The molecule has 0 saturated heterocycles. The minimum Gasteiger partial charge on any atom is -0.483 e.